The van der Waals surface area contributed by atoms with E-state index < -0.39 is 18.5 Å². The van der Waals surface area contributed by atoms with E-state index in [9.17, 15) is 14.4 Å². The van der Waals surface area contributed by atoms with Gasteiger partial charge in [0.2, 0.25) is 11.8 Å². The van der Waals surface area contributed by atoms with Gasteiger partial charge in [-0.2, -0.15) is 0 Å². The number of hydrogen-bond donors (Lipinski definition) is 2. The fraction of sp³-hybridized carbons (Fsp3) is 0.294. The first kappa shape index (κ1) is 18.2. The molecule has 1 aromatic heterocycles. The normalized spacial score (nSPS) is 11.0. The van der Waals surface area contributed by atoms with Crippen LogP contribution in [-0.2, 0) is 19.1 Å². The summed E-state index contributed by atoms with van der Waals surface area (Å²) in [5.74, 6) is -1.34. The Labute approximate surface area is 144 Å². The number of hydrogen-bond acceptors (Lipinski definition) is 6. The van der Waals surface area contributed by atoms with Crippen LogP contribution in [0, 0.1) is 0 Å². The molecule has 2 rings (SSSR count). The minimum Gasteiger partial charge on any atom is -0.452 e. The van der Waals surface area contributed by atoms with E-state index in [1.54, 1.807) is 12.1 Å². The Morgan fingerprint density at radius 3 is 2.72 bits per heavy atom. The molecular formula is C17H19N3O5. The second-order valence-electron chi connectivity index (χ2n) is 5.46. The molecule has 0 aliphatic rings. The lowest BCUT2D eigenvalue weighted by Gasteiger charge is -2.09. The molecule has 0 spiro atoms. The van der Waals surface area contributed by atoms with Gasteiger partial charge in [0.05, 0.1) is 6.54 Å². The highest BCUT2D eigenvalue weighted by atomic mass is 16.5. The minimum absolute atomic E-state index is 0.0146. The number of ether oxygens (including phenoxy) is 1. The molecule has 0 aliphatic carbocycles. The van der Waals surface area contributed by atoms with E-state index in [-0.39, 0.29) is 24.4 Å². The van der Waals surface area contributed by atoms with Crippen LogP contribution in [0.2, 0.25) is 0 Å². The second kappa shape index (κ2) is 8.62. The molecular weight excluding hydrogens is 326 g/mol. The number of nitrogens with zero attached hydrogens (tertiary/aromatic N) is 1. The second-order valence-corrected chi connectivity index (χ2v) is 5.46. The molecule has 0 unspecified atom stereocenters. The molecule has 0 aliphatic heterocycles. The Bertz CT molecular complexity index is 761. The standard InChI is InChI=1S/C17H19N3O5/c1-11(2)19-14(21)9-18-15(22)10-24-17(23)8-7-16-20-12-5-3-4-6-13(12)25-16/h3-8,11H,9-10H2,1-2H3,(H,18,22)(H,19,21)/b8-7+. The third-order valence-corrected chi connectivity index (χ3v) is 2.91. The van der Waals surface area contributed by atoms with Crippen molar-refractivity contribution in [1.29, 1.82) is 0 Å². The van der Waals surface area contributed by atoms with Gasteiger partial charge in [0, 0.05) is 18.2 Å². The summed E-state index contributed by atoms with van der Waals surface area (Å²) in [5, 5.41) is 4.97. The van der Waals surface area contributed by atoms with Gasteiger partial charge in [-0.15, -0.1) is 0 Å². The van der Waals surface area contributed by atoms with Gasteiger partial charge < -0.3 is 19.8 Å². The summed E-state index contributed by atoms with van der Waals surface area (Å²) in [7, 11) is 0. The summed E-state index contributed by atoms with van der Waals surface area (Å²) in [6.07, 6.45) is 2.47. The zero-order valence-electron chi connectivity index (χ0n) is 13.9. The Morgan fingerprint density at radius 2 is 2.00 bits per heavy atom. The third-order valence-electron chi connectivity index (χ3n) is 2.91. The molecule has 8 heteroatoms. The van der Waals surface area contributed by atoms with Crippen LogP contribution in [0.25, 0.3) is 17.2 Å². The van der Waals surface area contributed by atoms with Crippen LogP contribution in [0.15, 0.2) is 34.8 Å². The van der Waals surface area contributed by atoms with Crippen molar-refractivity contribution < 1.29 is 23.5 Å². The first-order valence-corrected chi connectivity index (χ1v) is 7.70. The smallest absolute Gasteiger partial charge is 0.331 e. The summed E-state index contributed by atoms with van der Waals surface area (Å²) in [6, 6.07) is 7.17. The molecule has 0 bridgehead atoms. The Morgan fingerprint density at radius 1 is 1.24 bits per heavy atom. The van der Waals surface area contributed by atoms with Gasteiger partial charge in [-0.3, -0.25) is 9.59 Å². The number of aromatic nitrogens is 1. The predicted octanol–water partition coefficient (Wildman–Crippen LogP) is 1.02. The Balaban J connectivity index is 1.74. The number of carbonyl (C=O) groups excluding carboxylic acids is 3. The molecule has 0 atom stereocenters. The molecule has 2 N–H and O–H groups in total. The molecule has 0 saturated heterocycles. The Kier molecular flexibility index (Phi) is 6.27. The monoisotopic (exact) mass is 345 g/mol. The highest BCUT2D eigenvalue weighted by Gasteiger charge is 2.09. The predicted molar refractivity (Wildman–Crippen MR) is 90.3 cm³/mol. The molecule has 2 amide bonds. The number of oxazole rings is 1. The van der Waals surface area contributed by atoms with E-state index in [0.29, 0.717) is 11.1 Å². The van der Waals surface area contributed by atoms with Gasteiger partial charge in [0.15, 0.2) is 12.2 Å². The SMILES string of the molecule is CC(C)NC(=O)CNC(=O)COC(=O)/C=C/c1nc2ccccc2o1. The van der Waals surface area contributed by atoms with Gasteiger partial charge in [-0.25, -0.2) is 9.78 Å². The highest BCUT2D eigenvalue weighted by Crippen LogP contribution is 2.15. The topological polar surface area (TPSA) is 111 Å². The molecule has 1 aromatic carbocycles. The van der Waals surface area contributed by atoms with Gasteiger partial charge in [0.1, 0.15) is 5.52 Å². The number of benzene rings is 1. The van der Waals surface area contributed by atoms with Crippen molar-refractivity contribution in [3.8, 4) is 0 Å². The van der Waals surface area contributed by atoms with Gasteiger partial charge in [-0.05, 0) is 26.0 Å². The number of nitrogens with one attached hydrogen (secondary N) is 2. The van der Waals surface area contributed by atoms with E-state index >= 15 is 0 Å². The summed E-state index contributed by atoms with van der Waals surface area (Å²) < 4.78 is 10.2. The van der Waals surface area contributed by atoms with Crippen LogP contribution in [0.5, 0.6) is 0 Å². The van der Waals surface area contributed by atoms with E-state index in [2.05, 4.69) is 15.6 Å². The molecule has 0 fully saturated rings. The van der Waals surface area contributed by atoms with E-state index in [0.717, 1.165) is 6.08 Å². The number of amides is 2. The van der Waals surface area contributed by atoms with Crippen molar-refractivity contribution in [2.45, 2.75) is 19.9 Å². The minimum atomic E-state index is -0.718. The van der Waals surface area contributed by atoms with Crippen LogP contribution in [0.4, 0.5) is 0 Å². The lowest BCUT2D eigenvalue weighted by Crippen LogP contribution is -2.41. The summed E-state index contributed by atoms with van der Waals surface area (Å²) in [6.45, 7) is 2.97. The van der Waals surface area contributed by atoms with Crippen molar-refractivity contribution in [2.24, 2.45) is 0 Å². The summed E-state index contributed by atoms with van der Waals surface area (Å²) in [5.41, 5.74) is 1.28. The zero-order valence-corrected chi connectivity index (χ0v) is 13.9. The van der Waals surface area contributed by atoms with Crippen molar-refractivity contribution in [2.75, 3.05) is 13.2 Å². The molecule has 1 heterocycles. The number of rotatable bonds is 7. The van der Waals surface area contributed by atoms with Crippen LogP contribution in [0.1, 0.15) is 19.7 Å². The average Bonchev–Trinajstić information content (AvgIpc) is 2.98. The lowest BCUT2D eigenvalue weighted by molar-refractivity contribution is -0.143. The first-order chi connectivity index (χ1) is 11.9. The number of carbonyl (C=O) groups is 3. The van der Waals surface area contributed by atoms with Crippen molar-refractivity contribution in [1.82, 2.24) is 15.6 Å². The van der Waals surface area contributed by atoms with Crippen LogP contribution < -0.4 is 10.6 Å². The fourth-order valence-electron chi connectivity index (χ4n) is 1.89. The van der Waals surface area contributed by atoms with E-state index in [1.807, 2.05) is 26.0 Å². The number of esters is 1. The largest absolute Gasteiger partial charge is 0.452 e. The van der Waals surface area contributed by atoms with Gasteiger partial charge >= 0.3 is 5.97 Å². The molecule has 0 radical (unpaired) electrons. The molecule has 132 valence electrons. The summed E-state index contributed by atoms with van der Waals surface area (Å²) >= 11 is 0. The maximum atomic E-state index is 11.6. The third kappa shape index (κ3) is 6.09. The first-order valence-electron chi connectivity index (χ1n) is 7.70. The van der Waals surface area contributed by atoms with Crippen molar-refractivity contribution in [3.05, 3.63) is 36.2 Å². The van der Waals surface area contributed by atoms with Crippen molar-refractivity contribution >= 4 is 35.0 Å². The van der Waals surface area contributed by atoms with Crippen LogP contribution in [-0.4, -0.2) is 42.0 Å². The maximum absolute atomic E-state index is 11.6. The fourth-order valence-corrected chi connectivity index (χ4v) is 1.89. The van der Waals surface area contributed by atoms with Gasteiger partial charge in [0.25, 0.3) is 5.91 Å². The maximum Gasteiger partial charge on any atom is 0.331 e. The average molecular weight is 345 g/mol. The Hall–Kier alpha value is -3.16. The van der Waals surface area contributed by atoms with E-state index in [4.69, 9.17) is 9.15 Å². The van der Waals surface area contributed by atoms with Gasteiger partial charge in [-0.1, -0.05) is 12.1 Å². The van der Waals surface area contributed by atoms with Crippen molar-refractivity contribution in [3.63, 3.8) is 0 Å². The zero-order chi connectivity index (χ0) is 18.2. The molecule has 25 heavy (non-hydrogen) atoms. The number of para-hydroxylation sites is 2. The molecule has 0 saturated carbocycles. The number of fused-ring (bicyclic) bond motifs is 1. The quantitative estimate of drug-likeness (QED) is 0.573. The van der Waals surface area contributed by atoms with E-state index in [1.165, 1.54) is 6.08 Å². The molecule has 8 nitrogen and oxygen atoms in total. The summed E-state index contributed by atoms with van der Waals surface area (Å²) in [4.78, 5) is 38.6. The molecule has 2 aromatic rings. The van der Waals surface area contributed by atoms with Crippen LogP contribution in [0.3, 0.4) is 0 Å². The highest BCUT2D eigenvalue weighted by molar-refractivity contribution is 5.90. The van der Waals surface area contributed by atoms with Crippen LogP contribution >= 0.6 is 0 Å². The lowest BCUT2D eigenvalue weighted by atomic mass is 10.3.